The van der Waals surface area contributed by atoms with Gasteiger partial charge in [-0.2, -0.15) is 13.2 Å². The molecule has 12 heteroatoms. The maximum atomic E-state index is 12.4. The topological polar surface area (TPSA) is 128 Å². The third-order valence-electron chi connectivity index (χ3n) is 3.69. The molecule has 0 unspecified atom stereocenters. The van der Waals surface area contributed by atoms with Crippen LogP contribution in [-0.2, 0) is 14.3 Å². The summed E-state index contributed by atoms with van der Waals surface area (Å²) in [5, 5.41) is 23.3. The van der Waals surface area contributed by atoms with Gasteiger partial charge in [0, 0.05) is 25.4 Å². The van der Waals surface area contributed by atoms with Crippen molar-refractivity contribution in [2.24, 2.45) is 5.92 Å². The van der Waals surface area contributed by atoms with Gasteiger partial charge in [-0.25, -0.2) is 4.79 Å². The van der Waals surface area contributed by atoms with Gasteiger partial charge in [-0.15, -0.1) is 0 Å². The van der Waals surface area contributed by atoms with Crippen LogP contribution in [0.25, 0.3) is 0 Å². The van der Waals surface area contributed by atoms with Gasteiger partial charge in [0.05, 0.1) is 18.6 Å². The first kappa shape index (κ1) is 21.9. The van der Waals surface area contributed by atoms with E-state index in [1.807, 2.05) is 0 Å². The fraction of sp³-hybridized carbons (Fsp3) is 0.643. The van der Waals surface area contributed by atoms with Crippen molar-refractivity contribution in [2.75, 3.05) is 20.2 Å². The zero-order chi connectivity index (χ0) is 20.1. The molecule has 1 saturated heterocycles. The summed E-state index contributed by atoms with van der Waals surface area (Å²) in [6, 6.07) is -0.769. The van der Waals surface area contributed by atoms with Crippen LogP contribution in [-0.4, -0.2) is 78.1 Å². The largest absolute Gasteiger partial charge is 0.471 e. The van der Waals surface area contributed by atoms with Crippen LogP contribution in [0.1, 0.15) is 6.92 Å². The predicted molar refractivity (Wildman–Crippen MR) is 80.4 cm³/mol. The summed E-state index contributed by atoms with van der Waals surface area (Å²) < 4.78 is 42.4. The summed E-state index contributed by atoms with van der Waals surface area (Å²) >= 11 is 0. The van der Waals surface area contributed by atoms with E-state index in [-0.39, 0.29) is 5.57 Å². The quantitative estimate of drug-likeness (QED) is 0.348. The van der Waals surface area contributed by atoms with Gasteiger partial charge < -0.3 is 25.6 Å². The number of nitrogens with zero attached hydrogens (tertiary/aromatic N) is 1. The number of aliphatic hydroxyl groups is 2. The Morgan fingerprint density at radius 3 is 2.42 bits per heavy atom. The Labute approximate surface area is 146 Å². The molecule has 9 nitrogen and oxygen atoms in total. The van der Waals surface area contributed by atoms with Gasteiger partial charge in [0.15, 0.2) is 0 Å². The van der Waals surface area contributed by atoms with E-state index >= 15 is 0 Å². The maximum Gasteiger partial charge on any atom is 0.471 e. The van der Waals surface area contributed by atoms with Crippen molar-refractivity contribution in [3.63, 3.8) is 0 Å². The molecular formula is C14H20F3N3O6. The maximum absolute atomic E-state index is 12.4. The lowest BCUT2D eigenvalue weighted by molar-refractivity contribution is -0.174. The Bertz CT molecular complexity index is 569. The molecule has 0 bridgehead atoms. The van der Waals surface area contributed by atoms with Crippen LogP contribution in [0.4, 0.5) is 18.0 Å². The minimum Gasteiger partial charge on any atom is -0.394 e. The van der Waals surface area contributed by atoms with Crippen molar-refractivity contribution in [3.05, 3.63) is 11.8 Å². The van der Waals surface area contributed by atoms with Gasteiger partial charge in [-0.3, -0.25) is 14.5 Å². The van der Waals surface area contributed by atoms with E-state index in [2.05, 4.69) is 5.32 Å². The number of allylic oxidation sites excluding steroid dienone is 1. The molecule has 4 atom stereocenters. The summed E-state index contributed by atoms with van der Waals surface area (Å²) in [4.78, 5) is 34.8. The van der Waals surface area contributed by atoms with Crippen molar-refractivity contribution >= 4 is 18.2 Å². The summed E-state index contributed by atoms with van der Waals surface area (Å²) in [5.41, 5.74) is 0.0946. The first-order valence-corrected chi connectivity index (χ1v) is 7.49. The minimum atomic E-state index is -5.12. The second-order valence-electron chi connectivity index (χ2n) is 5.56. The minimum absolute atomic E-state index is 0.0946. The second-order valence-corrected chi connectivity index (χ2v) is 5.56. The summed E-state index contributed by atoms with van der Waals surface area (Å²) in [6.45, 7) is 0.0276. The lowest BCUT2D eigenvalue weighted by Gasteiger charge is -2.30. The number of carbonyl (C=O) groups is 3. The van der Waals surface area contributed by atoms with Crippen molar-refractivity contribution in [2.45, 2.75) is 31.5 Å². The van der Waals surface area contributed by atoms with E-state index in [0.717, 1.165) is 11.1 Å². The Kier molecular flexibility index (Phi) is 7.54. The molecule has 0 aromatic carbocycles. The molecule has 0 radical (unpaired) electrons. The molecule has 1 aliphatic rings. The number of carbonyl (C=O) groups excluding carboxylic acids is 3. The molecular weight excluding hydrogens is 363 g/mol. The van der Waals surface area contributed by atoms with Crippen molar-refractivity contribution in [1.82, 2.24) is 15.5 Å². The molecule has 4 N–H and O–H groups in total. The molecule has 26 heavy (non-hydrogen) atoms. The summed E-state index contributed by atoms with van der Waals surface area (Å²) in [6.07, 6.45) is -7.58. The second kappa shape index (κ2) is 8.96. The third-order valence-corrected chi connectivity index (χ3v) is 3.69. The van der Waals surface area contributed by atoms with E-state index in [0.29, 0.717) is 6.29 Å². The number of nitrogens with one attached hydrogen (secondary N) is 2. The summed E-state index contributed by atoms with van der Waals surface area (Å²) in [7, 11) is 1.27. The number of ether oxygens (including phenoxy) is 1. The number of halogens is 3. The van der Waals surface area contributed by atoms with Crippen LogP contribution in [0, 0.1) is 5.92 Å². The molecule has 0 aromatic rings. The fourth-order valence-electron chi connectivity index (χ4n) is 2.39. The average Bonchev–Trinajstić information content (AvgIpc) is 2.91. The Balaban J connectivity index is 3.10. The number of alkyl halides is 3. The number of aldehydes is 1. The molecule has 3 amide bonds. The van der Waals surface area contributed by atoms with Crippen molar-refractivity contribution < 1.29 is 42.5 Å². The molecule has 0 spiro atoms. The molecule has 1 heterocycles. The van der Waals surface area contributed by atoms with Gasteiger partial charge in [-0.05, 0) is 6.92 Å². The van der Waals surface area contributed by atoms with E-state index in [1.54, 1.807) is 5.32 Å². The molecule has 1 rings (SSSR count). The number of amides is 3. The van der Waals surface area contributed by atoms with E-state index in [4.69, 9.17) is 4.74 Å². The summed E-state index contributed by atoms with van der Waals surface area (Å²) in [5.74, 6) is -3.41. The number of hydrogen-bond acceptors (Lipinski definition) is 6. The number of urea groups is 1. The highest BCUT2D eigenvalue weighted by molar-refractivity contribution is 5.81. The molecule has 0 aromatic heterocycles. The monoisotopic (exact) mass is 383 g/mol. The van der Waals surface area contributed by atoms with Gasteiger partial charge in [0.2, 0.25) is 0 Å². The normalized spacial score (nSPS) is 26.3. The van der Waals surface area contributed by atoms with Crippen molar-refractivity contribution in [3.8, 4) is 0 Å². The molecule has 0 aliphatic carbocycles. The van der Waals surface area contributed by atoms with Crippen LogP contribution >= 0.6 is 0 Å². The Morgan fingerprint density at radius 2 is 1.96 bits per heavy atom. The number of aliphatic hydroxyl groups excluding tert-OH is 2. The van der Waals surface area contributed by atoms with E-state index in [9.17, 15) is 37.8 Å². The van der Waals surface area contributed by atoms with Crippen LogP contribution in [0.3, 0.4) is 0 Å². The molecule has 148 valence electrons. The van der Waals surface area contributed by atoms with Crippen LogP contribution in [0.5, 0.6) is 0 Å². The van der Waals surface area contributed by atoms with Gasteiger partial charge in [0.1, 0.15) is 18.6 Å². The highest BCUT2D eigenvalue weighted by Gasteiger charge is 2.48. The van der Waals surface area contributed by atoms with Crippen LogP contribution < -0.4 is 10.6 Å². The van der Waals surface area contributed by atoms with Gasteiger partial charge in [-0.1, -0.05) is 0 Å². The molecule has 1 aliphatic heterocycles. The van der Waals surface area contributed by atoms with Crippen LogP contribution in [0.2, 0.25) is 0 Å². The third kappa shape index (κ3) is 5.16. The lowest BCUT2D eigenvalue weighted by atomic mass is 9.99. The van der Waals surface area contributed by atoms with Crippen molar-refractivity contribution in [1.29, 1.82) is 0 Å². The Hall–Kier alpha value is -2.18. The smallest absolute Gasteiger partial charge is 0.394 e. The molecule has 1 fully saturated rings. The van der Waals surface area contributed by atoms with Gasteiger partial charge >= 0.3 is 18.1 Å². The van der Waals surface area contributed by atoms with Crippen LogP contribution in [0.15, 0.2) is 11.8 Å². The average molecular weight is 383 g/mol. The predicted octanol–water partition coefficient (Wildman–Crippen LogP) is -0.897. The highest BCUT2D eigenvalue weighted by atomic mass is 19.4. The van der Waals surface area contributed by atoms with E-state index in [1.165, 1.54) is 14.0 Å². The SMILES string of the molecule is CNC(=O)N(/C=C(/C)C=O)[C@@H]1O[C@H](CO)[C@@H](O)[C@@H]1CNC(=O)C(F)(F)F. The first-order chi connectivity index (χ1) is 12.1. The molecule has 0 saturated carbocycles. The number of rotatable bonds is 6. The lowest BCUT2D eigenvalue weighted by Crippen LogP contribution is -2.50. The highest BCUT2D eigenvalue weighted by Crippen LogP contribution is 2.30. The van der Waals surface area contributed by atoms with E-state index < -0.39 is 55.6 Å². The standard InChI is InChI=1S/C14H20F3N3O6/c1-7(5-21)4-20(13(25)18-2)11-8(10(23)9(6-22)26-11)3-19-12(24)14(15,16)17/h4-5,8-11,22-23H,3,6H2,1-2H3,(H,18,25)(H,19,24)/b7-4-/t8-,9+,10-,11+/m0/s1. The number of hydrogen-bond donors (Lipinski definition) is 4. The zero-order valence-electron chi connectivity index (χ0n) is 14.0. The fourth-order valence-corrected chi connectivity index (χ4v) is 2.39. The Morgan fingerprint density at radius 1 is 1.35 bits per heavy atom. The zero-order valence-corrected chi connectivity index (χ0v) is 14.0. The van der Waals surface area contributed by atoms with Gasteiger partial charge in [0.25, 0.3) is 0 Å². The first-order valence-electron chi connectivity index (χ1n) is 7.49.